The Kier molecular flexibility index (Phi) is 5.74. The predicted octanol–water partition coefficient (Wildman–Crippen LogP) is 4.49. The Bertz CT molecular complexity index is 1030. The van der Waals surface area contributed by atoms with Crippen molar-refractivity contribution in [3.05, 3.63) is 70.2 Å². The second-order valence-electron chi connectivity index (χ2n) is 5.67. The van der Waals surface area contributed by atoms with Crippen LogP contribution in [0, 0.1) is 15.9 Å². The van der Waals surface area contributed by atoms with E-state index in [-0.39, 0.29) is 18.0 Å². The molecule has 3 rings (SSSR count). The Morgan fingerprint density at radius 1 is 1.25 bits per heavy atom. The van der Waals surface area contributed by atoms with Crippen molar-refractivity contribution in [2.45, 2.75) is 11.8 Å². The molecule has 0 fully saturated rings. The van der Waals surface area contributed by atoms with Crippen LogP contribution in [0.2, 0.25) is 0 Å². The number of esters is 1. The normalized spacial score (nSPS) is 10.7. The number of benzene rings is 2. The quantitative estimate of drug-likeness (QED) is 0.262. The van der Waals surface area contributed by atoms with Crippen LogP contribution in [0.15, 0.2) is 53.4 Å². The second-order valence-corrected chi connectivity index (χ2v) is 6.55. The summed E-state index contributed by atoms with van der Waals surface area (Å²) in [4.78, 5) is 23.9. The molecule has 0 aliphatic carbocycles. The molecular formula is C19H16FN3O4S. The molecule has 0 radical (unpaired) electrons. The van der Waals surface area contributed by atoms with Crippen molar-refractivity contribution in [2.24, 2.45) is 0 Å². The number of hydrogen-bond acceptors (Lipinski definition) is 6. The largest absolute Gasteiger partial charge is 0.461 e. The summed E-state index contributed by atoms with van der Waals surface area (Å²) < 4.78 is 19.8. The van der Waals surface area contributed by atoms with Crippen molar-refractivity contribution in [2.75, 3.05) is 12.9 Å². The molecule has 0 saturated carbocycles. The summed E-state index contributed by atoms with van der Waals surface area (Å²) in [6, 6.07) is 12.1. The number of thioether (sulfide) groups is 1. The molecule has 144 valence electrons. The summed E-state index contributed by atoms with van der Waals surface area (Å²) in [5, 5.41) is 15.6. The van der Waals surface area contributed by atoms with Crippen LogP contribution in [0.3, 0.4) is 0 Å². The Hall–Kier alpha value is -3.20. The van der Waals surface area contributed by atoms with Crippen LogP contribution >= 0.6 is 11.8 Å². The molecule has 0 aliphatic rings. The van der Waals surface area contributed by atoms with Crippen LogP contribution in [0.25, 0.3) is 16.9 Å². The Labute approximate surface area is 164 Å². The van der Waals surface area contributed by atoms with E-state index in [0.717, 1.165) is 17.0 Å². The number of ether oxygens (including phenoxy) is 1. The lowest BCUT2D eigenvalue weighted by Crippen LogP contribution is -2.08. The van der Waals surface area contributed by atoms with Gasteiger partial charge in [0.2, 0.25) is 0 Å². The molecule has 1 aromatic heterocycles. The lowest BCUT2D eigenvalue weighted by Gasteiger charge is -2.09. The van der Waals surface area contributed by atoms with Gasteiger partial charge in [0.25, 0.3) is 5.69 Å². The highest BCUT2D eigenvalue weighted by Gasteiger charge is 2.23. The first kappa shape index (κ1) is 19.6. The molecule has 0 aliphatic heterocycles. The number of carbonyl (C=O) groups excluding carboxylic acids is 1. The number of aromatic nitrogens is 2. The maximum atomic E-state index is 13.6. The summed E-state index contributed by atoms with van der Waals surface area (Å²) in [5.41, 5.74) is 0.737. The van der Waals surface area contributed by atoms with Gasteiger partial charge in [0, 0.05) is 10.5 Å². The van der Waals surface area contributed by atoms with Crippen LogP contribution in [-0.4, -0.2) is 33.5 Å². The van der Waals surface area contributed by atoms with Crippen LogP contribution < -0.4 is 0 Å². The second kappa shape index (κ2) is 8.22. The first-order valence-corrected chi connectivity index (χ1v) is 9.53. The number of hydrogen-bond donors (Lipinski definition) is 0. The van der Waals surface area contributed by atoms with E-state index in [1.54, 1.807) is 18.7 Å². The minimum absolute atomic E-state index is 0.00409. The van der Waals surface area contributed by atoms with E-state index in [9.17, 15) is 19.3 Å². The van der Waals surface area contributed by atoms with Crippen LogP contribution in [0.4, 0.5) is 10.1 Å². The van der Waals surface area contributed by atoms with Gasteiger partial charge in [-0.3, -0.25) is 10.1 Å². The lowest BCUT2D eigenvalue weighted by atomic mass is 10.1. The average Bonchev–Trinajstić information content (AvgIpc) is 3.13. The van der Waals surface area contributed by atoms with Gasteiger partial charge in [0.05, 0.1) is 23.3 Å². The molecule has 0 bridgehead atoms. The third-order valence-corrected chi connectivity index (χ3v) is 4.69. The maximum Gasteiger partial charge on any atom is 0.358 e. The van der Waals surface area contributed by atoms with Crippen LogP contribution in [0.5, 0.6) is 0 Å². The van der Waals surface area contributed by atoms with Crippen LogP contribution in [-0.2, 0) is 4.74 Å². The van der Waals surface area contributed by atoms with Gasteiger partial charge in [-0.25, -0.2) is 13.9 Å². The van der Waals surface area contributed by atoms with Gasteiger partial charge >= 0.3 is 5.97 Å². The zero-order valence-electron chi connectivity index (χ0n) is 15.1. The highest BCUT2D eigenvalue weighted by molar-refractivity contribution is 7.98. The molecule has 7 nitrogen and oxygen atoms in total. The number of halogens is 1. The number of nitro benzene ring substituents is 1. The van der Waals surface area contributed by atoms with Crippen molar-refractivity contribution in [1.29, 1.82) is 0 Å². The van der Waals surface area contributed by atoms with Crippen molar-refractivity contribution in [3.63, 3.8) is 0 Å². The zero-order chi connectivity index (χ0) is 20.3. The molecule has 3 aromatic rings. The molecule has 0 amide bonds. The van der Waals surface area contributed by atoms with E-state index in [2.05, 4.69) is 5.10 Å². The van der Waals surface area contributed by atoms with E-state index in [1.165, 1.54) is 16.8 Å². The van der Waals surface area contributed by atoms with E-state index in [0.29, 0.717) is 11.3 Å². The van der Waals surface area contributed by atoms with Crippen molar-refractivity contribution in [3.8, 4) is 16.9 Å². The van der Waals surface area contributed by atoms with Gasteiger partial charge in [-0.1, -0.05) is 12.1 Å². The maximum absolute atomic E-state index is 13.6. The standard InChI is InChI=1S/C19H16FN3O4S/c1-3-27-19(24)15-11-17(12-4-7-14(28-2)8-5-12)22(21-15)16-9-6-13(20)10-18(16)23(25)26/h4-11H,3H2,1-2H3. The van der Waals surface area contributed by atoms with Crippen molar-refractivity contribution < 1.29 is 18.8 Å². The van der Waals surface area contributed by atoms with Crippen LogP contribution in [0.1, 0.15) is 17.4 Å². The number of nitro groups is 1. The SMILES string of the molecule is CCOC(=O)c1cc(-c2ccc(SC)cc2)n(-c2ccc(F)cc2[N+](=O)[O-])n1. The molecule has 28 heavy (non-hydrogen) atoms. The Morgan fingerprint density at radius 2 is 1.96 bits per heavy atom. The first-order chi connectivity index (χ1) is 13.4. The van der Waals surface area contributed by atoms with E-state index in [4.69, 9.17) is 4.74 Å². The first-order valence-electron chi connectivity index (χ1n) is 8.30. The zero-order valence-corrected chi connectivity index (χ0v) is 15.9. The fourth-order valence-corrected chi connectivity index (χ4v) is 3.07. The van der Waals surface area contributed by atoms with Gasteiger partial charge in [-0.15, -0.1) is 11.8 Å². The number of rotatable bonds is 6. The average molecular weight is 401 g/mol. The highest BCUT2D eigenvalue weighted by Crippen LogP contribution is 2.31. The molecule has 1 heterocycles. The smallest absolute Gasteiger partial charge is 0.358 e. The molecule has 0 N–H and O–H groups in total. The number of nitrogens with zero attached hydrogens (tertiary/aromatic N) is 3. The van der Waals surface area contributed by atoms with Gasteiger partial charge in [0.1, 0.15) is 11.5 Å². The fourth-order valence-electron chi connectivity index (χ4n) is 2.66. The summed E-state index contributed by atoms with van der Waals surface area (Å²) in [6.07, 6.45) is 1.94. The lowest BCUT2D eigenvalue weighted by molar-refractivity contribution is -0.384. The summed E-state index contributed by atoms with van der Waals surface area (Å²) >= 11 is 1.57. The monoisotopic (exact) mass is 401 g/mol. The third kappa shape index (κ3) is 3.89. The molecule has 0 spiro atoms. The molecule has 0 saturated heterocycles. The third-order valence-electron chi connectivity index (χ3n) is 3.94. The number of carbonyl (C=O) groups is 1. The van der Waals surface area contributed by atoms with Crippen molar-refractivity contribution in [1.82, 2.24) is 9.78 Å². The van der Waals surface area contributed by atoms with E-state index in [1.807, 2.05) is 30.5 Å². The Morgan fingerprint density at radius 3 is 2.57 bits per heavy atom. The highest BCUT2D eigenvalue weighted by atomic mass is 32.2. The topological polar surface area (TPSA) is 87.3 Å². The molecule has 0 unspecified atom stereocenters. The molecule has 0 atom stereocenters. The minimum Gasteiger partial charge on any atom is -0.461 e. The Balaban J connectivity index is 2.21. The molecular weight excluding hydrogens is 385 g/mol. The predicted molar refractivity (Wildman–Crippen MR) is 103 cm³/mol. The van der Waals surface area contributed by atoms with E-state index < -0.39 is 22.4 Å². The summed E-state index contributed by atoms with van der Waals surface area (Å²) in [6.45, 7) is 1.84. The van der Waals surface area contributed by atoms with Gasteiger partial charge in [-0.2, -0.15) is 5.10 Å². The van der Waals surface area contributed by atoms with Gasteiger partial charge in [-0.05, 0) is 43.5 Å². The van der Waals surface area contributed by atoms with Gasteiger partial charge in [0.15, 0.2) is 5.69 Å². The van der Waals surface area contributed by atoms with Crippen molar-refractivity contribution >= 4 is 23.4 Å². The molecule has 9 heteroatoms. The molecule has 2 aromatic carbocycles. The van der Waals surface area contributed by atoms with E-state index >= 15 is 0 Å². The fraction of sp³-hybridized carbons (Fsp3) is 0.158. The summed E-state index contributed by atoms with van der Waals surface area (Å²) in [5.74, 6) is -1.38. The summed E-state index contributed by atoms with van der Waals surface area (Å²) in [7, 11) is 0. The minimum atomic E-state index is -0.737. The van der Waals surface area contributed by atoms with Gasteiger partial charge < -0.3 is 4.74 Å².